The summed E-state index contributed by atoms with van der Waals surface area (Å²) in [6, 6.07) is 5.12. The maximum Gasteiger partial charge on any atom is 0.254 e. The van der Waals surface area contributed by atoms with Crippen molar-refractivity contribution in [2.75, 3.05) is 40.4 Å². The van der Waals surface area contributed by atoms with E-state index in [4.69, 9.17) is 9.47 Å². The van der Waals surface area contributed by atoms with Gasteiger partial charge in [0.1, 0.15) is 5.51 Å². The van der Waals surface area contributed by atoms with E-state index >= 15 is 0 Å². The van der Waals surface area contributed by atoms with Crippen LogP contribution in [0.2, 0.25) is 0 Å². The van der Waals surface area contributed by atoms with Gasteiger partial charge < -0.3 is 19.3 Å². The van der Waals surface area contributed by atoms with Crippen LogP contribution >= 0.6 is 23.1 Å². The average Bonchev–Trinajstić information content (AvgIpc) is 3.25. The normalized spacial score (nSPS) is 15.2. The topological polar surface area (TPSA) is 84.9 Å². The first kappa shape index (κ1) is 20.4. The van der Waals surface area contributed by atoms with Gasteiger partial charge >= 0.3 is 0 Å². The number of amides is 2. The second-order valence-electron chi connectivity index (χ2n) is 6.15. The number of carbonyl (C=O) groups is 2. The molecule has 0 N–H and O–H groups in total. The van der Waals surface area contributed by atoms with Crippen LogP contribution in [0.15, 0.2) is 28.0 Å². The Kier molecular flexibility index (Phi) is 6.74. The zero-order chi connectivity index (χ0) is 20.1. The quantitative estimate of drug-likeness (QED) is 0.659. The fourth-order valence-electron chi connectivity index (χ4n) is 2.95. The van der Waals surface area contributed by atoms with Crippen LogP contribution in [0.4, 0.5) is 0 Å². The molecule has 1 aliphatic heterocycles. The highest BCUT2D eigenvalue weighted by Crippen LogP contribution is 2.28. The van der Waals surface area contributed by atoms with Crippen LogP contribution < -0.4 is 9.47 Å². The molecule has 0 spiro atoms. The molecule has 1 aliphatic rings. The summed E-state index contributed by atoms with van der Waals surface area (Å²) in [5.41, 5.74) is 2.19. The molecule has 1 fully saturated rings. The molecule has 10 heteroatoms. The monoisotopic (exact) mass is 422 g/mol. The lowest BCUT2D eigenvalue weighted by Gasteiger charge is -2.35. The van der Waals surface area contributed by atoms with Crippen LogP contribution in [-0.2, 0) is 4.79 Å². The molecule has 8 nitrogen and oxygen atoms in total. The van der Waals surface area contributed by atoms with Crippen molar-refractivity contribution in [2.24, 2.45) is 0 Å². The Morgan fingerprint density at radius 3 is 2.39 bits per heavy atom. The summed E-state index contributed by atoms with van der Waals surface area (Å²) in [6.07, 6.45) is 0. The SMILES string of the molecule is COc1ccc(C(=O)N2CCN(C(=O)C(C)Sc3nncs3)CC2)cc1OC. The Bertz CT molecular complexity index is 823. The summed E-state index contributed by atoms with van der Waals surface area (Å²) >= 11 is 2.83. The molecule has 1 aromatic carbocycles. The number of ether oxygens (including phenoxy) is 2. The van der Waals surface area contributed by atoms with Crippen molar-refractivity contribution < 1.29 is 19.1 Å². The second-order valence-corrected chi connectivity index (χ2v) is 8.57. The van der Waals surface area contributed by atoms with Crippen LogP contribution in [0.3, 0.4) is 0 Å². The van der Waals surface area contributed by atoms with Crippen molar-refractivity contribution in [3.63, 3.8) is 0 Å². The number of hydrogen-bond donors (Lipinski definition) is 0. The first-order valence-electron chi connectivity index (χ1n) is 8.76. The van der Waals surface area contributed by atoms with E-state index in [-0.39, 0.29) is 17.1 Å². The summed E-state index contributed by atoms with van der Waals surface area (Å²) in [5.74, 6) is 1.07. The summed E-state index contributed by atoms with van der Waals surface area (Å²) in [7, 11) is 3.09. The minimum Gasteiger partial charge on any atom is -0.493 e. The predicted molar refractivity (Wildman–Crippen MR) is 107 cm³/mol. The van der Waals surface area contributed by atoms with E-state index in [0.29, 0.717) is 43.2 Å². The Labute approximate surface area is 171 Å². The Morgan fingerprint density at radius 2 is 1.79 bits per heavy atom. The fourth-order valence-corrected chi connectivity index (χ4v) is 4.66. The average molecular weight is 423 g/mol. The molecule has 0 saturated carbocycles. The summed E-state index contributed by atoms with van der Waals surface area (Å²) in [4.78, 5) is 29.0. The molecule has 28 heavy (non-hydrogen) atoms. The zero-order valence-corrected chi connectivity index (χ0v) is 17.6. The smallest absolute Gasteiger partial charge is 0.254 e. The number of thioether (sulfide) groups is 1. The van der Waals surface area contributed by atoms with E-state index in [1.54, 1.807) is 40.6 Å². The minimum absolute atomic E-state index is 0.0541. The van der Waals surface area contributed by atoms with Crippen molar-refractivity contribution in [1.29, 1.82) is 0 Å². The predicted octanol–water partition coefficient (Wildman–Crippen LogP) is 2.02. The van der Waals surface area contributed by atoms with Crippen LogP contribution in [-0.4, -0.2) is 77.5 Å². The summed E-state index contributed by atoms with van der Waals surface area (Å²) in [5, 5.41) is 7.52. The molecule has 2 aromatic rings. The van der Waals surface area contributed by atoms with Crippen LogP contribution in [0, 0.1) is 0 Å². The van der Waals surface area contributed by atoms with Gasteiger partial charge in [0.25, 0.3) is 5.91 Å². The van der Waals surface area contributed by atoms with Gasteiger partial charge in [0.2, 0.25) is 5.91 Å². The molecule has 1 aromatic heterocycles. The zero-order valence-electron chi connectivity index (χ0n) is 16.0. The van der Waals surface area contributed by atoms with Gasteiger partial charge in [0, 0.05) is 31.7 Å². The van der Waals surface area contributed by atoms with Gasteiger partial charge in [-0.3, -0.25) is 9.59 Å². The van der Waals surface area contributed by atoms with Crippen molar-refractivity contribution in [2.45, 2.75) is 16.5 Å². The van der Waals surface area contributed by atoms with Gasteiger partial charge in [0.15, 0.2) is 15.8 Å². The van der Waals surface area contributed by atoms with Crippen molar-refractivity contribution in [3.8, 4) is 11.5 Å². The number of piperazine rings is 1. The third-order valence-electron chi connectivity index (χ3n) is 4.47. The molecule has 1 atom stereocenters. The van der Waals surface area contributed by atoms with E-state index in [9.17, 15) is 9.59 Å². The third kappa shape index (κ3) is 4.56. The van der Waals surface area contributed by atoms with Gasteiger partial charge in [-0.2, -0.15) is 0 Å². The summed E-state index contributed by atoms with van der Waals surface area (Å²) < 4.78 is 11.3. The molecule has 2 amide bonds. The molecule has 1 saturated heterocycles. The lowest BCUT2D eigenvalue weighted by molar-refractivity contribution is -0.131. The van der Waals surface area contributed by atoms with Gasteiger partial charge in [-0.25, -0.2) is 0 Å². The number of carbonyl (C=O) groups excluding carboxylic acids is 2. The van der Waals surface area contributed by atoms with Crippen molar-refractivity contribution >= 4 is 34.9 Å². The number of nitrogens with zero attached hydrogens (tertiary/aromatic N) is 4. The Morgan fingerprint density at radius 1 is 1.11 bits per heavy atom. The summed E-state index contributed by atoms with van der Waals surface area (Å²) in [6.45, 7) is 3.89. The number of aromatic nitrogens is 2. The molecule has 0 bridgehead atoms. The highest BCUT2D eigenvalue weighted by molar-refractivity contribution is 8.02. The van der Waals surface area contributed by atoms with Crippen molar-refractivity contribution in [1.82, 2.24) is 20.0 Å². The van der Waals surface area contributed by atoms with Crippen LogP contribution in [0.1, 0.15) is 17.3 Å². The molecule has 3 rings (SSSR count). The number of methoxy groups -OCH3 is 2. The number of rotatable bonds is 6. The third-order valence-corrected chi connectivity index (χ3v) is 6.37. The van der Waals surface area contributed by atoms with Crippen molar-refractivity contribution in [3.05, 3.63) is 29.3 Å². The second kappa shape index (κ2) is 9.24. The van der Waals surface area contributed by atoms with E-state index in [1.165, 1.54) is 30.2 Å². The Hall–Kier alpha value is -2.33. The van der Waals surface area contributed by atoms with Gasteiger partial charge in [0.05, 0.1) is 19.5 Å². The highest BCUT2D eigenvalue weighted by Gasteiger charge is 2.28. The lowest BCUT2D eigenvalue weighted by atomic mass is 10.1. The first-order chi connectivity index (χ1) is 13.5. The molecule has 150 valence electrons. The minimum atomic E-state index is -0.235. The van der Waals surface area contributed by atoms with Gasteiger partial charge in [-0.15, -0.1) is 10.2 Å². The molecule has 1 unspecified atom stereocenters. The van der Waals surface area contributed by atoms with E-state index in [1.807, 2.05) is 6.92 Å². The molecule has 2 heterocycles. The van der Waals surface area contributed by atoms with Gasteiger partial charge in [-0.05, 0) is 25.1 Å². The van der Waals surface area contributed by atoms with E-state index in [0.717, 1.165) is 4.34 Å². The molecule has 0 aliphatic carbocycles. The first-order valence-corrected chi connectivity index (χ1v) is 10.5. The lowest BCUT2D eigenvalue weighted by Crippen LogP contribution is -2.52. The van der Waals surface area contributed by atoms with E-state index in [2.05, 4.69) is 10.2 Å². The van der Waals surface area contributed by atoms with E-state index < -0.39 is 0 Å². The maximum atomic E-state index is 12.8. The number of benzene rings is 1. The maximum absolute atomic E-state index is 12.8. The Balaban J connectivity index is 1.57. The van der Waals surface area contributed by atoms with Crippen LogP contribution in [0.25, 0.3) is 0 Å². The molecular formula is C18H22N4O4S2. The molecule has 0 radical (unpaired) electrons. The van der Waals surface area contributed by atoms with Gasteiger partial charge in [-0.1, -0.05) is 23.1 Å². The fraction of sp³-hybridized carbons (Fsp3) is 0.444. The molecular weight excluding hydrogens is 400 g/mol. The largest absolute Gasteiger partial charge is 0.493 e. The highest BCUT2D eigenvalue weighted by atomic mass is 32.2. The van der Waals surface area contributed by atoms with Crippen LogP contribution in [0.5, 0.6) is 11.5 Å². The number of hydrogen-bond acceptors (Lipinski definition) is 8. The standard InChI is InChI=1S/C18H22N4O4S2/c1-12(28-18-20-19-11-27-18)16(23)21-6-8-22(9-7-21)17(24)13-4-5-14(25-2)15(10-13)26-3/h4-5,10-12H,6-9H2,1-3H3.